The van der Waals surface area contributed by atoms with Gasteiger partial charge in [-0.2, -0.15) is 0 Å². The van der Waals surface area contributed by atoms with Crippen molar-refractivity contribution in [3.63, 3.8) is 0 Å². The van der Waals surface area contributed by atoms with Crippen LogP contribution < -0.4 is 10.2 Å². The molecular weight excluding hydrogens is 325 g/mol. The number of amides is 2. The molecule has 0 saturated carbocycles. The van der Waals surface area contributed by atoms with Crippen LogP contribution in [0, 0.1) is 5.82 Å². The molecule has 0 radical (unpaired) electrons. The van der Waals surface area contributed by atoms with Crippen LogP contribution in [0.2, 0.25) is 0 Å². The summed E-state index contributed by atoms with van der Waals surface area (Å²) in [7, 11) is 3.26. The van der Waals surface area contributed by atoms with Gasteiger partial charge >= 0.3 is 6.09 Å². The maximum absolute atomic E-state index is 13.8. The topological polar surface area (TPSA) is 61.9 Å². The van der Waals surface area contributed by atoms with Crippen LogP contribution >= 0.6 is 0 Å². The van der Waals surface area contributed by atoms with Crippen molar-refractivity contribution in [2.24, 2.45) is 0 Å². The van der Waals surface area contributed by atoms with Gasteiger partial charge in [0.2, 0.25) is 5.91 Å². The van der Waals surface area contributed by atoms with Gasteiger partial charge in [0.1, 0.15) is 11.4 Å². The molecule has 6 nitrogen and oxygen atoms in total. The number of carbonyl (C=O) groups excluding carboxylic acids is 2. The van der Waals surface area contributed by atoms with Gasteiger partial charge in [0.25, 0.3) is 0 Å². The summed E-state index contributed by atoms with van der Waals surface area (Å²) in [4.78, 5) is 27.8. The molecule has 0 aliphatic carbocycles. The Balaban J connectivity index is 1.88. The zero-order valence-corrected chi connectivity index (χ0v) is 14.8. The quantitative estimate of drug-likeness (QED) is 0.909. The number of ether oxygens (including phenoxy) is 1. The first-order chi connectivity index (χ1) is 11.9. The van der Waals surface area contributed by atoms with E-state index in [9.17, 15) is 14.0 Å². The van der Waals surface area contributed by atoms with Crippen molar-refractivity contribution in [3.05, 3.63) is 29.6 Å². The second-order valence-corrected chi connectivity index (χ2v) is 6.66. The van der Waals surface area contributed by atoms with Gasteiger partial charge in [0, 0.05) is 45.6 Å². The second-order valence-electron chi connectivity index (χ2n) is 6.66. The van der Waals surface area contributed by atoms with Crippen LogP contribution in [0.1, 0.15) is 31.7 Å². The van der Waals surface area contributed by atoms with Crippen molar-refractivity contribution in [1.82, 2.24) is 10.2 Å². The smallest absolute Gasteiger partial charge is 0.414 e. The van der Waals surface area contributed by atoms with Crippen LogP contribution in [0.25, 0.3) is 0 Å². The monoisotopic (exact) mass is 349 g/mol. The Kier molecular flexibility index (Phi) is 4.69. The summed E-state index contributed by atoms with van der Waals surface area (Å²) in [6.07, 6.45) is 1.36. The highest BCUT2D eigenvalue weighted by Crippen LogP contribution is 2.45. The van der Waals surface area contributed by atoms with E-state index in [0.717, 1.165) is 0 Å². The molecule has 1 saturated heterocycles. The minimum atomic E-state index is -0.821. The fourth-order valence-corrected chi connectivity index (χ4v) is 3.90. The molecule has 0 aromatic heterocycles. The third kappa shape index (κ3) is 2.97. The number of likely N-dealkylation sites (tertiary alicyclic amines) is 1. The Morgan fingerprint density at radius 1 is 1.40 bits per heavy atom. The van der Waals surface area contributed by atoms with Crippen molar-refractivity contribution < 1.29 is 18.7 Å². The molecule has 2 amide bonds. The summed E-state index contributed by atoms with van der Waals surface area (Å²) in [6.45, 7) is 3.20. The third-order valence-corrected chi connectivity index (χ3v) is 5.35. The Hall–Kier alpha value is -2.15. The molecule has 7 heteroatoms. The van der Waals surface area contributed by atoms with Gasteiger partial charge in [-0.3, -0.25) is 14.6 Å². The van der Waals surface area contributed by atoms with Gasteiger partial charge in [-0.1, -0.05) is 6.92 Å². The van der Waals surface area contributed by atoms with E-state index in [0.29, 0.717) is 43.6 Å². The third-order valence-electron chi connectivity index (χ3n) is 5.35. The van der Waals surface area contributed by atoms with E-state index >= 15 is 0 Å². The number of likely N-dealkylation sites (N-methyl/N-ethyl adjacent to an activating group) is 1. The van der Waals surface area contributed by atoms with Crippen LogP contribution in [0.15, 0.2) is 18.2 Å². The van der Waals surface area contributed by atoms with Crippen molar-refractivity contribution in [2.45, 2.75) is 37.8 Å². The highest BCUT2D eigenvalue weighted by Gasteiger charge is 2.47. The summed E-state index contributed by atoms with van der Waals surface area (Å²) in [5.41, 5.74) is 0.574. The largest absolute Gasteiger partial charge is 0.437 e. The van der Waals surface area contributed by atoms with E-state index in [1.807, 2.05) is 6.92 Å². The minimum absolute atomic E-state index is 0.00901. The number of carbonyl (C=O) groups is 2. The molecule has 1 atom stereocenters. The van der Waals surface area contributed by atoms with Crippen LogP contribution in [0.3, 0.4) is 0 Å². The first kappa shape index (κ1) is 17.7. The molecular formula is C18H24FN3O3. The van der Waals surface area contributed by atoms with Gasteiger partial charge in [0.05, 0.1) is 11.7 Å². The number of hydrogen-bond acceptors (Lipinski definition) is 4. The lowest BCUT2D eigenvalue weighted by atomic mass is 9.81. The van der Waals surface area contributed by atoms with Gasteiger partial charge in [0.15, 0.2) is 0 Å². The number of anilines is 1. The molecule has 136 valence electrons. The number of benzene rings is 1. The van der Waals surface area contributed by atoms with E-state index in [1.54, 1.807) is 20.2 Å². The molecule has 1 unspecified atom stereocenters. The molecule has 1 aromatic rings. The van der Waals surface area contributed by atoms with Gasteiger partial charge < -0.3 is 10.1 Å². The van der Waals surface area contributed by atoms with Gasteiger partial charge in [-0.25, -0.2) is 9.18 Å². The Labute approximate surface area is 146 Å². The average Bonchev–Trinajstić information content (AvgIpc) is 2.62. The molecule has 0 bridgehead atoms. The molecule has 2 aliphatic heterocycles. The lowest BCUT2D eigenvalue weighted by molar-refractivity contribution is -0.128. The van der Waals surface area contributed by atoms with E-state index in [2.05, 4.69) is 10.2 Å². The SMILES string of the molecule is CCC(C(=O)NC)N1CCC2(CC1)OC(=O)N(C)c1ccc(F)cc12. The second kappa shape index (κ2) is 6.63. The van der Waals surface area contributed by atoms with E-state index in [-0.39, 0.29) is 17.8 Å². The molecule has 1 spiro atoms. The standard InChI is InChI=1S/C18H24FN3O3/c1-4-14(16(23)20-2)22-9-7-18(8-10-22)13-11-12(19)5-6-15(13)21(3)17(24)25-18/h5-6,11,14H,4,7-10H2,1-3H3,(H,20,23). The predicted molar refractivity (Wildman–Crippen MR) is 91.9 cm³/mol. The van der Waals surface area contributed by atoms with Gasteiger partial charge in [-0.05, 0) is 24.6 Å². The number of rotatable bonds is 3. The van der Waals surface area contributed by atoms with E-state index in [1.165, 1.54) is 17.0 Å². The van der Waals surface area contributed by atoms with Crippen LogP contribution in [-0.2, 0) is 15.1 Å². The van der Waals surface area contributed by atoms with Crippen molar-refractivity contribution in [2.75, 3.05) is 32.1 Å². The first-order valence-electron chi connectivity index (χ1n) is 8.64. The van der Waals surface area contributed by atoms with Crippen LogP contribution in [0.5, 0.6) is 0 Å². The highest BCUT2D eigenvalue weighted by molar-refractivity contribution is 5.91. The summed E-state index contributed by atoms with van der Waals surface area (Å²) in [6, 6.07) is 4.24. The Morgan fingerprint density at radius 2 is 2.08 bits per heavy atom. The fraction of sp³-hybridized carbons (Fsp3) is 0.556. The number of fused-ring (bicyclic) bond motifs is 2. The highest BCUT2D eigenvalue weighted by atomic mass is 19.1. The zero-order chi connectivity index (χ0) is 18.2. The maximum Gasteiger partial charge on any atom is 0.414 e. The molecule has 25 heavy (non-hydrogen) atoms. The average molecular weight is 349 g/mol. The summed E-state index contributed by atoms with van der Waals surface area (Å²) in [5.74, 6) is -0.353. The number of hydrogen-bond donors (Lipinski definition) is 1. The molecule has 1 fully saturated rings. The summed E-state index contributed by atoms with van der Waals surface area (Å²) in [5, 5.41) is 2.70. The number of halogens is 1. The molecule has 1 N–H and O–H groups in total. The summed E-state index contributed by atoms with van der Waals surface area (Å²) < 4.78 is 19.6. The number of nitrogens with zero attached hydrogens (tertiary/aromatic N) is 2. The first-order valence-corrected chi connectivity index (χ1v) is 8.64. The number of nitrogens with one attached hydrogen (secondary N) is 1. The van der Waals surface area contributed by atoms with Crippen molar-refractivity contribution in [1.29, 1.82) is 0 Å². The van der Waals surface area contributed by atoms with Gasteiger partial charge in [-0.15, -0.1) is 0 Å². The van der Waals surface area contributed by atoms with Crippen molar-refractivity contribution in [3.8, 4) is 0 Å². The normalized spacial score (nSPS) is 20.8. The zero-order valence-electron chi connectivity index (χ0n) is 14.8. The van der Waals surface area contributed by atoms with Crippen molar-refractivity contribution >= 4 is 17.7 Å². The minimum Gasteiger partial charge on any atom is -0.437 e. The molecule has 2 heterocycles. The van der Waals surface area contributed by atoms with Crippen LogP contribution in [0.4, 0.5) is 14.9 Å². The van der Waals surface area contributed by atoms with Crippen LogP contribution in [-0.4, -0.2) is 50.1 Å². The Morgan fingerprint density at radius 3 is 2.68 bits per heavy atom. The Bertz CT molecular complexity index is 686. The number of piperidine rings is 1. The summed E-state index contributed by atoms with van der Waals surface area (Å²) >= 11 is 0. The maximum atomic E-state index is 13.8. The van der Waals surface area contributed by atoms with E-state index < -0.39 is 11.7 Å². The molecule has 2 aliphatic rings. The fourth-order valence-electron chi connectivity index (χ4n) is 3.90. The molecule has 1 aromatic carbocycles. The molecule has 3 rings (SSSR count). The predicted octanol–water partition coefficient (Wildman–Crippen LogP) is 2.23. The lowest BCUT2D eigenvalue weighted by Crippen LogP contribution is -2.55. The lowest BCUT2D eigenvalue weighted by Gasteiger charge is -2.47. The van der Waals surface area contributed by atoms with E-state index in [4.69, 9.17) is 4.74 Å².